The van der Waals surface area contributed by atoms with Crippen LogP contribution in [0, 0.1) is 6.92 Å². The number of hydrogen-bond donors (Lipinski definition) is 2. The molecule has 0 spiro atoms. The van der Waals surface area contributed by atoms with Gasteiger partial charge < -0.3 is 15.2 Å². The molecule has 6 nitrogen and oxygen atoms in total. The number of benzene rings is 1. The summed E-state index contributed by atoms with van der Waals surface area (Å²) in [6, 6.07) is 13.4. The number of H-pyrrole nitrogens is 1. The van der Waals surface area contributed by atoms with E-state index in [1.807, 2.05) is 49.4 Å². The number of piperazine rings is 1. The molecule has 3 heterocycles. The Morgan fingerprint density at radius 1 is 1.03 bits per heavy atom. The number of aromatic nitrogens is 2. The Bertz CT molecular complexity index is 1070. The smallest absolute Gasteiger partial charge is 0.253 e. The molecule has 0 radical (unpaired) electrons. The van der Waals surface area contributed by atoms with Gasteiger partial charge in [0.2, 0.25) is 0 Å². The second-order valence-electron chi connectivity index (χ2n) is 7.95. The molecule has 2 N–H and O–H groups in total. The van der Waals surface area contributed by atoms with Crippen LogP contribution in [0.3, 0.4) is 0 Å². The van der Waals surface area contributed by atoms with E-state index in [4.69, 9.17) is 23.2 Å². The van der Waals surface area contributed by atoms with E-state index < -0.39 is 0 Å². The number of nitrogens with zero attached hydrogens (tertiary/aromatic N) is 3. The highest BCUT2D eigenvalue weighted by Crippen LogP contribution is 2.32. The Morgan fingerprint density at radius 3 is 2.42 bits per heavy atom. The highest BCUT2D eigenvalue weighted by atomic mass is 35.5. The highest BCUT2D eigenvalue weighted by molar-refractivity contribution is 6.43. The molecule has 0 unspecified atom stereocenters. The number of pyridine rings is 1. The summed E-state index contributed by atoms with van der Waals surface area (Å²) in [7, 11) is 0. The van der Waals surface area contributed by atoms with Crippen molar-refractivity contribution in [3.63, 3.8) is 0 Å². The Labute approximate surface area is 247 Å². The number of carbonyl (C=O) groups is 1. The third-order valence-electron chi connectivity index (χ3n) is 5.78. The van der Waals surface area contributed by atoms with Gasteiger partial charge in [-0.2, -0.15) is 0 Å². The lowest BCUT2D eigenvalue weighted by Gasteiger charge is -2.36. The molecule has 0 atom stereocenters. The third kappa shape index (κ3) is 8.59. The van der Waals surface area contributed by atoms with Gasteiger partial charge >= 0.3 is 0 Å². The van der Waals surface area contributed by atoms with Crippen molar-refractivity contribution in [3.8, 4) is 11.4 Å². The van der Waals surface area contributed by atoms with Gasteiger partial charge in [-0.25, -0.2) is 0 Å². The van der Waals surface area contributed by atoms with Gasteiger partial charge in [0.05, 0.1) is 32.7 Å². The molecule has 12 heteroatoms. The van der Waals surface area contributed by atoms with Gasteiger partial charge in [0.15, 0.2) is 0 Å². The maximum Gasteiger partial charge on any atom is 0.253 e. The second kappa shape index (κ2) is 16.5. The Morgan fingerprint density at radius 2 is 1.75 bits per heavy atom. The summed E-state index contributed by atoms with van der Waals surface area (Å²) in [5.41, 5.74) is 4.19. The fourth-order valence-corrected chi connectivity index (χ4v) is 4.42. The zero-order valence-electron chi connectivity index (χ0n) is 19.7. The number of aromatic amines is 1. The predicted molar refractivity (Wildman–Crippen MR) is 160 cm³/mol. The van der Waals surface area contributed by atoms with Crippen LogP contribution in [0.2, 0.25) is 10.0 Å². The normalized spacial score (nSPS) is 12.9. The molecule has 1 fully saturated rings. The number of rotatable bonds is 7. The van der Waals surface area contributed by atoms with E-state index >= 15 is 0 Å². The van der Waals surface area contributed by atoms with Crippen LogP contribution in [0.1, 0.15) is 22.5 Å². The van der Waals surface area contributed by atoms with Gasteiger partial charge in [0.1, 0.15) is 0 Å². The summed E-state index contributed by atoms with van der Waals surface area (Å²) in [5, 5.41) is 4.26. The molecule has 1 aliphatic heterocycles. The van der Waals surface area contributed by atoms with Crippen molar-refractivity contribution >= 4 is 84.4 Å². The number of anilines is 1. The average Bonchev–Trinajstić information content (AvgIpc) is 3.21. The molecule has 36 heavy (non-hydrogen) atoms. The fourth-order valence-electron chi connectivity index (χ4n) is 4.00. The molecule has 200 valence electrons. The number of nitrogens with one attached hydrogen (secondary N) is 2. The maximum absolute atomic E-state index is 12.6. The van der Waals surface area contributed by atoms with Crippen molar-refractivity contribution in [2.24, 2.45) is 0 Å². The average molecular weight is 618 g/mol. The van der Waals surface area contributed by atoms with Crippen molar-refractivity contribution in [3.05, 3.63) is 70.0 Å². The van der Waals surface area contributed by atoms with Crippen molar-refractivity contribution in [1.82, 2.24) is 20.2 Å². The number of hydrogen-bond acceptors (Lipinski definition) is 4. The molecular formula is C24H31Cl6N5O. The third-order valence-corrected chi connectivity index (χ3v) is 6.59. The molecule has 0 bridgehead atoms. The molecule has 3 aromatic rings. The summed E-state index contributed by atoms with van der Waals surface area (Å²) in [6.07, 6.45) is 2.65. The topological polar surface area (TPSA) is 64.3 Å². The molecule has 1 saturated heterocycles. The number of aryl methyl sites for hydroxylation is 1. The van der Waals surface area contributed by atoms with E-state index in [1.54, 1.807) is 6.20 Å². The standard InChI is InChI=1S/C24H27Cl2N5O.4ClH/c1-17-18(16-21(29-17)20-7-2-3-9-27-20)24(32)28-10-5-11-30-12-14-31(15-13-30)22-8-4-6-19(25)23(22)26;;;;/h2-4,6-9,16,29H,5,10-15H2,1H3,(H,28,32);4*1H. The molecule has 1 aromatic carbocycles. The van der Waals surface area contributed by atoms with E-state index in [-0.39, 0.29) is 55.5 Å². The van der Waals surface area contributed by atoms with Gasteiger partial charge in [-0.1, -0.05) is 35.3 Å². The minimum Gasteiger partial charge on any atom is -0.368 e. The molecule has 2 aromatic heterocycles. The minimum absolute atomic E-state index is 0. The van der Waals surface area contributed by atoms with Crippen LogP contribution in [0.5, 0.6) is 0 Å². The monoisotopic (exact) mass is 615 g/mol. The molecule has 1 aliphatic rings. The Hall–Kier alpha value is -1.38. The second-order valence-corrected chi connectivity index (χ2v) is 8.73. The van der Waals surface area contributed by atoms with Crippen molar-refractivity contribution in [2.45, 2.75) is 13.3 Å². The van der Waals surface area contributed by atoms with E-state index in [9.17, 15) is 4.79 Å². The van der Waals surface area contributed by atoms with Crippen molar-refractivity contribution in [2.75, 3.05) is 44.2 Å². The van der Waals surface area contributed by atoms with E-state index in [1.165, 1.54) is 0 Å². The summed E-state index contributed by atoms with van der Waals surface area (Å²) >= 11 is 12.5. The van der Waals surface area contributed by atoms with Gasteiger partial charge in [-0.3, -0.25) is 14.7 Å². The summed E-state index contributed by atoms with van der Waals surface area (Å²) < 4.78 is 0. The summed E-state index contributed by atoms with van der Waals surface area (Å²) in [6.45, 7) is 7.23. The van der Waals surface area contributed by atoms with Crippen LogP contribution >= 0.6 is 72.8 Å². The fraction of sp³-hybridized carbons (Fsp3) is 0.333. The van der Waals surface area contributed by atoms with Crippen molar-refractivity contribution < 1.29 is 4.79 Å². The maximum atomic E-state index is 12.6. The first kappa shape index (κ1) is 34.6. The van der Waals surface area contributed by atoms with Gasteiger partial charge in [-0.05, 0) is 50.2 Å². The Kier molecular flexibility index (Phi) is 15.8. The molecule has 0 aliphatic carbocycles. The Balaban J connectivity index is 0.00000306. The van der Waals surface area contributed by atoms with Crippen LogP contribution < -0.4 is 10.2 Å². The number of halogens is 6. The highest BCUT2D eigenvalue weighted by Gasteiger charge is 2.20. The lowest BCUT2D eigenvalue weighted by Crippen LogP contribution is -2.47. The largest absolute Gasteiger partial charge is 0.368 e. The molecule has 4 rings (SSSR count). The number of amides is 1. The molecule has 1 amide bonds. The quantitative estimate of drug-likeness (QED) is 0.305. The first-order chi connectivity index (χ1) is 15.5. The zero-order chi connectivity index (χ0) is 22.5. The first-order valence-corrected chi connectivity index (χ1v) is 11.6. The van der Waals surface area contributed by atoms with E-state index in [2.05, 4.69) is 25.1 Å². The van der Waals surface area contributed by atoms with E-state index in [0.29, 0.717) is 22.2 Å². The van der Waals surface area contributed by atoms with Crippen LogP contribution in [0.4, 0.5) is 5.69 Å². The zero-order valence-corrected chi connectivity index (χ0v) is 24.5. The predicted octanol–water partition coefficient (Wildman–Crippen LogP) is 6.32. The van der Waals surface area contributed by atoms with Crippen LogP contribution in [-0.4, -0.2) is 60.0 Å². The van der Waals surface area contributed by atoms with E-state index in [0.717, 1.165) is 61.9 Å². The first-order valence-electron chi connectivity index (χ1n) is 10.8. The molecule has 0 saturated carbocycles. The van der Waals surface area contributed by atoms with Crippen LogP contribution in [0.25, 0.3) is 11.4 Å². The lowest BCUT2D eigenvalue weighted by atomic mass is 10.2. The lowest BCUT2D eigenvalue weighted by molar-refractivity contribution is 0.0951. The van der Waals surface area contributed by atoms with Gasteiger partial charge in [-0.15, -0.1) is 49.6 Å². The summed E-state index contributed by atoms with van der Waals surface area (Å²) in [5.74, 6) is -0.0543. The summed E-state index contributed by atoms with van der Waals surface area (Å²) in [4.78, 5) is 24.9. The molecular weight excluding hydrogens is 587 g/mol. The van der Waals surface area contributed by atoms with Crippen LogP contribution in [-0.2, 0) is 0 Å². The minimum atomic E-state index is -0.0543. The van der Waals surface area contributed by atoms with Gasteiger partial charge in [0, 0.05) is 44.6 Å². The number of carbonyl (C=O) groups excluding carboxylic acids is 1. The van der Waals surface area contributed by atoms with Crippen LogP contribution in [0.15, 0.2) is 48.7 Å². The SMILES string of the molecule is Cc1[nH]c(-c2ccccn2)cc1C(=O)NCCCN1CCN(c2cccc(Cl)c2Cl)CC1.Cl.Cl.Cl.Cl. The van der Waals surface area contributed by atoms with Crippen molar-refractivity contribution in [1.29, 1.82) is 0 Å². The van der Waals surface area contributed by atoms with Gasteiger partial charge in [0.25, 0.3) is 5.91 Å².